The monoisotopic (exact) mass is 601 g/mol. The predicted molar refractivity (Wildman–Crippen MR) is 158 cm³/mol. The number of aromatic nitrogens is 1. The summed E-state index contributed by atoms with van der Waals surface area (Å²) in [5.74, 6) is -0.762. The quantitative estimate of drug-likeness (QED) is 0.192. The number of nitrogens with one attached hydrogen (secondary N) is 1. The van der Waals surface area contributed by atoms with E-state index in [0.717, 1.165) is 16.7 Å². The number of carboxylic acids is 1. The number of aliphatic hydroxyl groups is 1. The molecule has 1 aliphatic rings. The summed E-state index contributed by atoms with van der Waals surface area (Å²) < 4.78 is 27.2. The number of hydrogen-bond donors (Lipinski definition) is 3. The van der Waals surface area contributed by atoms with Crippen molar-refractivity contribution in [3.05, 3.63) is 112 Å². The molecule has 0 saturated carbocycles. The van der Waals surface area contributed by atoms with Gasteiger partial charge in [-0.2, -0.15) is 5.26 Å². The molecule has 10 heteroatoms. The third-order valence-corrected chi connectivity index (χ3v) is 7.83. The topological polar surface area (TPSA) is 125 Å². The number of carboxylic acid groups (broad SMARTS) is 1. The molecule has 0 spiro atoms. The molecule has 4 aromatic rings. The zero-order valence-corrected chi connectivity index (χ0v) is 24.1. The molecular formula is C33H29ClFN3O5. The van der Waals surface area contributed by atoms with Gasteiger partial charge in [-0.25, -0.2) is 4.39 Å². The van der Waals surface area contributed by atoms with Crippen molar-refractivity contribution in [3.63, 3.8) is 0 Å². The van der Waals surface area contributed by atoms with E-state index in [4.69, 9.17) is 21.1 Å². The molecular weight excluding hydrogens is 573 g/mol. The number of aliphatic carboxylic acids is 1. The summed E-state index contributed by atoms with van der Waals surface area (Å²) in [6.45, 7) is 0.843. The molecule has 1 unspecified atom stereocenters. The van der Waals surface area contributed by atoms with Crippen molar-refractivity contribution in [2.45, 2.75) is 44.6 Å². The lowest BCUT2D eigenvalue weighted by Crippen LogP contribution is -2.52. The predicted octanol–water partition coefficient (Wildman–Crippen LogP) is 5.98. The summed E-state index contributed by atoms with van der Waals surface area (Å²) in [7, 11) is 0. The van der Waals surface area contributed by atoms with Crippen LogP contribution >= 0.6 is 11.6 Å². The van der Waals surface area contributed by atoms with Crippen LogP contribution in [0.5, 0.6) is 11.5 Å². The van der Waals surface area contributed by atoms with E-state index in [1.165, 1.54) is 19.2 Å². The standard InChI is InChI=1S/C33H29ClFN3O5/c1-33(19-39,32(40)41)38-17-22-12-27(34)31(13-30(22)42-18-21-11-20(14-36)15-37-16-21)43-29-10-9-24-23(6-4-7-26(24)29)25-5-2-3-8-28(25)35/h2-8,11-13,15-16,29,38-39H,9-10,17-19H2,1H3,(H,40,41)/t29-,33?/m1/s1. The molecule has 0 aliphatic heterocycles. The number of nitrogens with zero attached hydrogens (tertiary/aromatic N) is 2. The Labute approximate surface area is 253 Å². The molecule has 220 valence electrons. The summed E-state index contributed by atoms with van der Waals surface area (Å²) in [5, 5.41) is 31.6. The normalized spacial score (nSPS) is 15.3. The van der Waals surface area contributed by atoms with E-state index in [9.17, 15) is 24.7 Å². The lowest BCUT2D eigenvalue weighted by Gasteiger charge is -2.25. The van der Waals surface area contributed by atoms with Gasteiger partial charge in [-0.05, 0) is 54.7 Å². The SMILES string of the molecule is CC(CO)(NCc1cc(Cl)c(O[C@@H]2CCc3c(-c4ccccc4F)cccc32)cc1OCc1cncc(C#N)c1)C(=O)O. The van der Waals surface area contributed by atoms with Crippen molar-refractivity contribution in [2.24, 2.45) is 0 Å². The van der Waals surface area contributed by atoms with E-state index in [1.54, 1.807) is 36.5 Å². The van der Waals surface area contributed by atoms with E-state index in [2.05, 4.69) is 10.3 Å². The zero-order chi connectivity index (χ0) is 30.6. The number of hydrogen-bond acceptors (Lipinski definition) is 7. The third kappa shape index (κ3) is 6.47. The van der Waals surface area contributed by atoms with Gasteiger partial charge >= 0.3 is 5.97 Å². The minimum Gasteiger partial charge on any atom is -0.488 e. The summed E-state index contributed by atoms with van der Waals surface area (Å²) in [4.78, 5) is 15.8. The molecule has 8 nitrogen and oxygen atoms in total. The fraction of sp³-hybridized carbons (Fsp3) is 0.242. The van der Waals surface area contributed by atoms with Gasteiger partial charge in [0.05, 0.1) is 17.2 Å². The van der Waals surface area contributed by atoms with Gasteiger partial charge in [-0.3, -0.25) is 15.1 Å². The first-order chi connectivity index (χ1) is 20.7. The fourth-order valence-electron chi connectivity index (χ4n) is 5.04. The van der Waals surface area contributed by atoms with Crippen LogP contribution in [0.4, 0.5) is 4.39 Å². The van der Waals surface area contributed by atoms with E-state index in [-0.39, 0.29) is 30.1 Å². The van der Waals surface area contributed by atoms with Crippen LogP contribution in [-0.4, -0.2) is 33.3 Å². The van der Waals surface area contributed by atoms with Crippen LogP contribution in [0, 0.1) is 17.1 Å². The maximum atomic E-state index is 14.6. The Morgan fingerprint density at radius 1 is 1.16 bits per heavy atom. The van der Waals surface area contributed by atoms with Crippen LogP contribution in [-0.2, 0) is 24.4 Å². The number of halogens is 2. The second kappa shape index (κ2) is 12.8. The first-order valence-corrected chi connectivity index (χ1v) is 14.0. The molecule has 0 bridgehead atoms. The van der Waals surface area contributed by atoms with Crippen molar-refractivity contribution in [2.75, 3.05) is 6.61 Å². The van der Waals surface area contributed by atoms with E-state index < -0.39 is 18.1 Å². The average molecular weight is 602 g/mol. The van der Waals surface area contributed by atoms with Crippen LogP contribution in [0.15, 0.2) is 73.1 Å². The minimum atomic E-state index is -1.59. The molecule has 0 amide bonds. The number of carbonyl (C=O) groups is 1. The van der Waals surface area contributed by atoms with Crippen LogP contribution in [0.25, 0.3) is 11.1 Å². The molecule has 0 saturated heterocycles. The Hall–Kier alpha value is -4.49. The van der Waals surface area contributed by atoms with E-state index in [0.29, 0.717) is 46.6 Å². The van der Waals surface area contributed by atoms with Crippen molar-refractivity contribution in [1.82, 2.24) is 10.3 Å². The van der Waals surface area contributed by atoms with Gasteiger partial charge < -0.3 is 19.7 Å². The maximum Gasteiger partial charge on any atom is 0.326 e. The van der Waals surface area contributed by atoms with Crippen molar-refractivity contribution in [1.29, 1.82) is 5.26 Å². The molecule has 2 atom stereocenters. The van der Waals surface area contributed by atoms with Crippen LogP contribution < -0.4 is 14.8 Å². The summed E-state index contributed by atoms with van der Waals surface area (Å²) >= 11 is 6.69. The maximum absolute atomic E-state index is 14.6. The summed E-state index contributed by atoms with van der Waals surface area (Å²) in [6.07, 6.45) is 4.06. The minimum absolute atomic E-state index is 0.0213. The van der Waals surface area contributed by atoms with Crippen LogP contribution in [0.2, 0.25) is 5.02 Å². The number of fused-ring (bicyclic) bond motifs is 1. The first-order valence-electron chi connectivity index (χ1n) is 13.6. The molecule has 0 fully saturated rings. The lowest BCUT2D eigenvalue weighted by molar-refractivity contribution is -0.145. The highest BCUT2D eigenvalue weighted by molar-refractivity contribution is 6.32. The molecule has 3 aromatic carbocycles. The van der Waals surface area contributed by atoms with Gasteiger partial charge in [0.25, 0.3) is 0 Å². The largest absolute Gasteiger partial charge is 0.488 e. The number of aliphatic hydroxyl groups excluding tert-OH is 1. The Bertz CT molecular complexity index is 1710. The third-order valence-electron chi connectivity index (χ3n) is 7.54. The number of ether oxygens (including phenoxy) is 2. The van der Waals surface area contributed by atoms with Gasteiger partial charge in [-0.1, -0.05) is 48.0 Å². The molecule has 5 rings (SSSR count). The average Bonchev–Trinajstić information content (AvgIpc) is 3.43. The smallest absolute Gasteiger partial charge is 0.326 e. The van der Waals surface area contributed by atoms with Gasteiger partial charge in [0.2, 0.25) is 0 Å². The first kappa shape index (κ1) is 30.0. The Morgan fingerprint density at radius 3 is 2.70 bits per heavy atom. The zero-order valence-electron chi connectivity index (χ0n) is 23.3. The Kier molecular flexibility index (Phi) is 8.92. The second-order valence-electron chi connectivity index (χ2n) is 10.5. The van der Waals surface area contributed by atoms with Gasteiger partial charge in [0.15, 0.2) is 0 Å². The van der Waals surface area contributed by atoms with E-state index >= 15 is 0 Å². The molecule has 1 heterocycles. The van der Waals surface area contributed by atoms with E-state index in [1.807, 2.05) is 30.3 Å². The van der Waals surface area contributed by atoms with Crippen LogP contribution in [0.3, 0.4) is 0 Å². The van der Waals surface area contributed by atoms with Crippen molar-refractivity contribution < 1.29 is 28.9 Å². The van der Waals surface area contributed by atoms with Crippen LogP contribution in [0.1, 0.15) is 47.3 Å². The van der Waals surface area contributed by atoms with Gasteiger partial charge in [0.1, 0.15) is 41.6 Å². The van der Waals surface area contributed by atoms with Gasteiger partial charge in [-0.15, -0.1) is 0 Å². The molecule has 43 heavy (non-hydrogen) atoms. The second-order valence-corrected chi connectivity index (χ2v) is 10.9. The van der Waals surface area contributed by atoms with Gasteiger partial charge in [0, 0.05) is 41.7 Å². The number of benzene rings is 3. The molecule has 1 aromatic heterocycles. The number of rotatable bonds is 11. The Balaban J connectivity index is 1.44. The summed E-state index contributed by atoms with van der Waals surface area (Å²) in [5.41, 5.74) is 3.33. The summed E-state index contributed by atoms with van der Waals surface area (Å²) in [6, 6.07) is 19.4. The number of pyridine rings is 1. The van der Waals surface area contributed by atoms with Crippen molar-refractivity contribution in [3.8, 4) is 28.7 Å². The number of nitriles is 1. The molecule has 1 aliphatic carbocycles. The fourth-order valence-corrected chi connectivity index (χ4v) is 5.27. The Morgan fingerprint density at radius 2 is 1.95 bits per heavy atom. The van der Waals surface area contributed by atoms with Crippen molar-refractivity contribution >= 4 is 17.6 Å². The highest BCUT2D eigenvalue weighted by Crippen LogP contribution is 2.43. The molecule has 0 radical (unpaired) electrons. The lowest BCUT2D eigenvalue weighted by atomic mass is 9.96. The highest BCUT2D eigenvalue weighted by atomic mass is 35.5. The molecule has 3 N–H and O–H groups in total. The highest BCUT2D eigenvalue weighted by Gasteiger charge is 2.32.